The van der Waals surface area contributed by atoms with Gasteiger partial charge in [-0.2, -0.15) is 0 Å². The van der Waals surface area contributed by atoms with Crippen LogP contribution in [0, 0.1) is 6.92 Å². The molecule has 0 atom stereocenters. The van der Waals surface area contributed by atoms with Crippen LogP contribution < -0.4 is 9.47 Å². The number of likely N-dealkylation sites (N-methyl/N-ethyl adjacent to an activating group) is 1. The molecule has 0 fully saturated rings. The van der Waals surface area contributed by atoms with Gasteiger partial charge in [-0.1, -0.05) is 24.3 Å². The maximum absolute atomic E-state index is 12.7. The van der Waals surface area contributed by atoms with E-state index in [9.17, 15) is 4.79 Å². The second-order valence-electron chi connectivity index (χ2n) is 6.39. The number of aromatic nitrogens is 1. The lowest BCUT2D eigenvalue weighted by Gasteiger charge is -2.17. The van der Waals surface area contributed by atoms with Crippen molar-refractivity contribution in [2.75, 3.05) is 13.8 Å². The maximum atomic E-state index is 12.7. The van der Waals surface area contributed by atoms with E-state index in [-0.39, 0.29) is 12.7 Å². The number of carbonyl (C=O) groups is 1. The molecular formula is C20H20N2O3. The highest BCUT2D eigenvalue weighted by molar-refractivity contribution is 5.90. The lowest BCUT2D eigenvalue weighted by molar-refractivity contribution is -0.129. The van der Waals surface area contributed by atoms with Gasteiger partial charge in [0.15, 0.2) is 11.5 Å². The van der Waals surface area contributed by atoms with Crippen molar-refractivity contribution in [1.82, 2.24) is 9.88 Å². The van der Waals surface area contributed by atoms with Crippen molar-refractivity contribution < 1.29 is 14.3 Å². The Labute approximate surface area is 146 Å². The molecule has 1 N–H and O–H groups in total. The zero-order valence-electron chi connectivity index (χ0n) is 14.3. The van der Waals surface area contributed by atoms with Crippen LogP contribution in [0.25, 0.3) is 10.9 Å². The first-order valence-electron chi connectivity index (χ1n) is 8.30. The van der Waals surface area contributed by atoms with E-state index in [0.29, 0.717) is 13.0 Å². The van der Waals surface area contributed by atoms with Gasteiger partial charge in [0, 0.05) is 30.2 Å². The number of amides is 1. The Balaban J connectivity index is 1.49. The molecule has 1 aliphatic rings. The molecule has 0 unspecified atom stereocenters. The zero-order valence-corrected chi connectivity index (χ0v) is 14.3. The molecule has 0 radical (unpaired) electrons. The molecular weight excluding hydrogens is 316 g/mol. The van der Waals surface area contributed by atoms with E-state index in [1.807, 2.05) is 50.4 Å². The van der Waals surface area contributed by atoms with Gasteiger partial charge in [-0.05, 0) is 36.2 Å². The minimum absolute atomic E-state index is 0.0884. The molecule has 25 heavy (non-hydrogen) atoms. The van der Waals surface area contributed by atoms with Crippen molar-refractivity contribution in [3.8, 4) is 11.5 Å². The highest BCUT2D eigenvalue weighted by Gasteiger charge is 2.17. The molecule has 1 aliphatic heterocycles. The summed E-state index contributed by atoms with van der Waals surface area (Å²) < 4.78 is 10.7. The van der Waals surface area contributed by atoms with Gasteiger partial charge >= 0.3 is 0 Å². The molecule has 5 nitrogen and oxygen atoms in total. The first-order chi connectivity index (χ1) is 12.1. The number of fused-ring (bicyclic) bond motifs is 2. The Hall–Kier alpha value is -2.95. The summed E-state index contributed by atoms with van der Waals surface area (Å²) in [6, 6.07) is 13.9. The van der Waals surface area contributed by atoms with Crippen molar-refractivity contribution in [2.45, 2.75) is 19.9 Å². The fourth-order valence-electron chi connectivity index (χ4n) is 3.25. The number of ether oxygens (including phenoxy) is 2. The molecule has 4 rings (SSSR count). The third-order valence-electron chi connectivity index (χ3n) is 4.64. The van der Waals surface area contributed by atoms with Crippen LogP contribution in [0.15, 0.2) is 42.5 Å². The number of hydrogen-bond acceptors (Lipinski definition) is 3. The van der Waals surface area contributed by atoms with Gasteiger partial charge in [-0.3, -0.25) is 4.79 Å². The summed E-state index contributed by atoms with van der Waals surface area (Å²) in [5.74, 6) is 1.59. The van der Waals surface area contributed by atoms with Crippen LogP contribution in [0.3, 0.4) is 0 Å². The van der Waals surface area contributed by atoms with Crippen LogP contribution in [0.2, 0.25) is 0 Å². The predicted octanol–water partition coefficient (Wildman–Crippen LogP) is 3.41. The van der Waals surface area contributed by atoms with Gasteiger partial charge in [-0.25, -0.2) is 0 Å². The van der Waals surface area contributed by atoms with Crippen molar-refractivity contribution in [3.63, 3.8) is 0 Å². The smallest absolute Gasteiger partial charge is 0.231 e. The third kappa shape index (κ3) is 2.93. The molecule has 0 saturated carbocycles. The summed E-state index contributed by atoms with van der Waals surface area (Å²) in [7, 11) is 1.83. The van der Waals surface area contributed by atoms with E-state index in [4.69, 9.17) is 9.47 Å². The van der Waals surface area contributed by atoms with Gasteiger partial charge in [0.1, 0.15) is 0 Å². The Kier molecular flexibility index (Phi) is 3.84. The van der Waals surface area contributed by atoms with Crippen molar-refractivity contribution in [1.29, 1.82) is 0 Å². The van der Waals surface area contributed by atoms with Gasteiger partial charge in [0.25, 0.3) is 0 Å². The summed E-state index contributed by atoms with van der Waals surface area (Å²) in [4.78, 5) is 17.8. The average molecular weight is 336 g/mol. The number of carbonyl (C=O) groups excluding carboxylic acids is 1. The monoisotopic (exact) mass is 336 g/mol. The van der Waals surface area contributed by atoms with E-state index < -0.39 is 0 Å². The molecule has 2 heterocycles. The van der Waals surface area contributed by atoms with Gasteiger partial charge < -0.3 is 19.4 Å². The third-order valence-corrected chi connectivity index (χ3v) is 4.64. The van der Waals surface area contributed by atoms with Crippen molar-refractivity contribution in [2.24, 2.45) is 0 Å². The van der Waals surface area contributed by atoms with Crippen molar-refractivity contribution in [3.05, 3.63) is 59.3 Å². The second kappa shape index (κ2) is 6.16. The van der Waals surface area contributed by atoms with Gasteiger partial charge in [0.05, 0.1) is 6.42 Å². The highest BCUT2D eigenvalue weighted by Crippen LogP contribution is 2.32. The SMILES string of the molecule is Cc1[nH]c2ccccc2c1CC(=O)N(C)Cc1ccc2c(c1)OCO2. The highest BCUT2D eigenvalue weighted by atomic mass is 16.7. The Morgan fingerprint density at radius 1 is 1.16 bits per heavy atom. The van der Waals surface area contributed by atoms with Gasteiger partial charge in [-0.15, -0.1) is 0 Å². The molecule has 5 heteroatoms. The van der Waals surface area contributed by atoms with Crippen LogP contribution in [0.5, 0.6) is 11.5 Å². The molecule has 3 aromatic rings. The number of rotatable bonds is 4. The quantitative estimate of drug-likeness (QED) is 0.794. The second-order valence-corrected chi connectivity index (χ2v) is 6.39. The minimum atomic E-state index is 0.0884. The first kappa shape index (κ1) is 15.6. The molecule has 0 bridgehead atoms. The number of hydrogen-bond donors (Lipinski definition) is 1. The van der Waals surface area contributed by atoms with E-state index in [2.05, 4.69) is 11.1 Å². The van der Waals surface area contributed by atoms with E-state index in [0.717, 1.165) is 39.2 Å². The maximum Gasteiger partial charge on any atom is 0.231 e. The van der Waals surface area contributed by atoms with Crippen molar-refractivity contribution >= 4 is 16.8 Å². The molecule has 0 spiro atoms. The van der Waals surface area contributed by atoms with Crippen LogP contribution >= 0.6 is 0 Å². The first-order valence-corrected chi connectivity index (χ1v) is 8.30. The Morgan fingerprint density at radius 2 is 1.96 bits per heavy atom. The minimum Gasteiger partial charge on any atom is -0.454 e. The predicted molar refractivity (Wildman–Crippen MR) is 95.8 cm³/mol. The topological polar surface area (TPSA) is 54.6 Å². The molecule has 0 aliphatic carbocycles. The zero-order chi connectivity index (χ0) is 17.4. The Morgan fingerprint density at radius 3 is 2.84 bits per heavy atom. The molecule has 128 valence electrons. The lowest BCUT2D eigenvalue weighted by atomic mass is 10.1. The summed E-state index contributed by atoms with van der Waals surface area (Å²) >= 11 is 0. The van der Waals surface area contributed by atoms with Gasteiger partial charge in [0.2, 0.25) is 12.7 Å². The Bertz CT molecular complexity index is 945. The number of nitrogens with zero attached hydrogens (tertiary/aromatic N) is 1. The molecule has 0 saturated heterocycles. The van der Waals surface area contributed by atoms with Crippen LogP contribution in [0.1, 0.15) is 16.8 Å². The van der Waals surface area contributed by atoms with Crippen LogP contribution in [-0.2, 0) is 17.8 Å². The number of benzene rings is 2. The van der Waals surface area contributed by atoms with Crippen LogP contribution in [-0.4, -0.2) is 29.6 Å². The van der Waals surface area contributed by atoms with E-state index >= 15 is 0 Å². The summed E-state index contributed by atoms with van der Waals surface area (Å²) in [6.07, 6.45) is 0.386. The number of para-hydroxylation sites is 1. The summed E-state index contributed by atoms with van der Waals surface area (Å²) in [5.41, 5.74) is 4.21. The fourth-order valence-corrected chi connectivity index (χ4v) is 3.25. The molecule has 1 aromatic heterocycles. The van der Waals surface area contributed by atoms with E-state index in [1.165, 1.54) is 0 Å². The largest absolute Gasteiger partial charge is 0.454 e. The number of H-pyrrole nitrogens is 1. The van der Waals surface area contributed by atoms with Crippen LogP contribution in [0.4, 0.5) is 0 Å². The lowest BCUT2D eigenvalue weighted by Crippen LogP contribution is -2.27. The average Bonchev–Trinajstić information content (AvgIpc) is 3.19. The number of aryl methyl sites for hydroxylation is 1. The van der Waals surface area contributed by atoms with E-state index in [1.54, 1.807) is 4.90 Å². The standard InChI is InChI=1S/C20H20N2O3/c1-13-16(15-5-3-4-6-17(15)21-13)10-20(23)22(2)11-14-7-8-18-19(9-14)25-12-24-18/h3-9,21H,10-12H2,1-2H3. The molecule has 1 amide bonds. The summed E-state index contributed by atoms with van der Waals surface area (Å²) in [5, 5.41) is 1.12. The normalized spacial score (nSPS) is 12.6. The fraction of sp³-hybridized carbons (Fsp3) is 0.250. The molecule has 2 aromatic carbocycles. The number of nitrogens with one attached hydrogen (secondary N) is 1. The summed E-state index contributed by atoms with van der Waals surface area (Å²) in [6.45, 7) is 2.81. The number of aromatic amines is 1.